The molecule has 25 heavy (non-hydrogen) atoms. The molecule has 0 aliphatic heterocycles. The Morgan fingerprint density at radius 2 is 1.80 bits per heavy atom. The van der Waals surface area contributed by atoms with Gasteiger partial charge in [-0.2, -0.15) is 0 Å². The molecule has 0 saturated heterocycles. The summed E-state index contributed by atoms with van der Waals surface area (Å²) in [6.45, 7) is 9.42. The van der Waals surface area contributed by atoms with Gasteiger partial charge in [0, 0.05) is 12.6 Å². The molecule has 1 rings (SSSR count). The minimum absolute atomic E-state index is 0.0105. The topological polar surface area (TPSA) is 93.7 Å². The molecule has 144 valence electrons. The number of carbonyl (C=O) groups excluding carboxylic acids is 3. The highest BCUT2D eigenvalue weighted by atomic mass is 16.6. The van der Waals surface area contributed by atoms with E-state index in [1.807, 2.05) is 0 Å². The molecule has 1 fully saturated rings. The molecule has 2 amide bonds. The summed E-state index contributed by atoms with van der Waals surface area (Å²) in [5, 5.41) is 5.42. The van der Waals surface area contributed by atoms with Gasteiger partial charge in [-0.25, -0.2) is 4.79 Å². The molecular weight excluding hydrogens is 324 g/mol. The van der Waals surface area contributed by atoms with Gasteiger partial charge in [0.2, 0.25) is 0 Å². The molecule has 1 saturated carbocycles. The smallest absolute Gasteiger partial charge is 0.407 e. The third kappa shape index (κ3) is 8.74. The van der Waals surface area contributed by atoms with E-state index < -0.39 is 17.7 Å². The zero-order chi connectivity index (χ0) is 19.0. The molecule has 7 heteroatoms. The molecule has 2 N–H and O–H groups in total. The van der Waals surface area contributed by atoms with Gasteiger partial charge in [0.25, 0.3) is 5.91 Å². The first kappa shape index (κ1) is 21.3. The number of carbonyl (C=O) groups is 3. The first-order valence-electron chi connectivity index (χ1n) is 9.00. The molecule has 1 aliphatic rings. The summed E-state index contributed by atoms with van der Waals surface area (Å²) in [5.74, 6) is 0.197. The minimum atomic E-state index is -0.587. The number of ether oxygens (including phenoxy) is 2. The van der Waals surface area contributed by atoms with E-state index in [1.165, 1.54) is 6.42 Å². The fraction of sp³-hybridized carbons (Fsp3) is 0.833. The van der Waals surface area contributed by atoms with E-state index in [0.29, 0.717) is 11.8 Å². The summed E-state index contributed by atoms with van der Waals surface area (Å²) in [6.07, 6.45) is 2.66. The van der Waals surface area contributed by atoms with Crippen molar-refractivity contribution in [3.8, 4) is 0 Å². The molecule has 1 aliphatic carbocycles. The Hall–Kier alpha value is -1.79. The summed E-state index contributed by atoms with van der Waals surface area (Å²) >= 11 is 0. The van der Waals surface area contributed by atoms with Gasteiger partial charge >= 0.3 is 12.1 Å². The third-order valence-electron chi connectivity index (χ3n) is 4.41. The van der Waals surface area contributed by atoms with Crippen LogP contribution in [0, 0.1) is 11.8 Å². The number of nitrogens with one attached hydrogen (secondary N) is 2. The van der Waals surface area contributed by atoms with Crippen LogP contribution >= 0.6 is 0 Å². The van der Waals surface area contributed by atoms with Crippen molar-refractivity contribution < 1.29 is 23.9 Å². The molecule has 0 spiro atoms. The fourth-order valence-electron chi connectivity index (χ4n) is 2.83. The van der Waals surface area contributed by atoms with Crippen LogP contribution in [-0.4, -0.2) is 42.8 Å². The second-order valence-corrected chi connectivity index (χ2v) is 7.78. The van der Waals surface area contributed by atoms with E-state index in [4.69, 9.17) is 9.47 Å². The lowest BCUT2D eigenvalue weighted by molar-refractivity contribution is -0.148. The van der Waals surface area contributed by atoms with E-state index in [9.17, 15) is 14.4 Å². The Labute approximate surface area is 150 Å². The average Bonchev–Trinajstić information content (AvgIpc) is 2.48. The zero-order valence-electron chi connectivity index (χ0n) is 16.0. The van der Waals surface area contributed by atoms with E-state index in [-0.39, 0.29) is 31.5 Å². The summed E-state index contributed by atoms with van der Waals surface area (Å²) < 4.78 is 10.0. The fourth-order valence-corrected chi connectivity index (χ4v) is 2.83. The van der Waals surface area contributed by atoms with E-state index in [0.717, 1.165) is 12.8 Å². The quantitative estimate of drug-likeness (QED) is 0.713. The Kier molecular flexibility index (Phi) is 8.19. The summed E-state index contributed by atoms with van der Waals surface area (Å²) in [6, 6.07) is 0.142. The van der Waals surface area contributed by atoms with E-state index in [2.05, 4.69) is 24.5 Å². The first-order valence-corrected chi connectivity index (χ1v) is 9.00. The van der Waals surface area contributed by atoms with Crippen molar-refractivity contribution >= 4 is 18.0 Å². The van der Waals surface area contributed by atoms with Crippen molar-refractivity contribution in [3.05, 3.63) is 0 Å². The van der Waals surface area contributed by atoms with Crippen LogP contribution in [0.2, 0.25) is 0 Å². The first-order chi connectivity index (χ1) is 11.6. The van der Waals surface area contributed by atoms with Gasteiger partial charge in [0.05, 0.1) is 6.42 Å². The number of esters is 1. The Morgan fingerprint density at radius 3 is 2.44 bits per heavy atom. The predicted octanol–water partition coefficient (Wildman–Crippen LogP) is 2.39. The Bertz CT molecular complexity index is 473. The standard InChI is InChI=1S/C18H32N2O5/c1-12-7-6-8-14(13(12)2)20-15(21)11-24-16(22)9-10-19-17(23)25-18(3,4)5/h12-14H,6-11H2,1-5H3,(H,19,23)(H,20,21)/t12-,13+,14+/m0/s1. The number of hydrogen-bond acceptors (Lipinski definition) is 5. The lowest BCUT2D eigenvalue weighted by Gasteiger charge is -2.34. The maximum absolute atomic E-state index is 11.9. The maximum Gasteiger partial charge on any atom is 0.407 e. The van der Waals surface area contributed by atoms with Crippen molar-refractivity contribution in [1.82, 2.24) is 10.6 Å². The molecule has 0 unspecified atom stereocenters. The second-order valence-electron chi connectivity index (χ2n) is 7.78. The average molecular weight is 356 g/mol. The lowest BCUT2D eigenvalue weighted by Crippen LogP contribution is -2.45. The van der Waals surface area contributed by atoms with Gasteiger partial charge in [-0.3, -0.25) is 9.59 Å². The molecule has 0 aromatic rings. The Morgan fingerprint density at radius 1 is 1.12 bits per heavy atom. The SMILES string of the molecule is C[C@@H]1[C@@H](C)CCC[C@H]1NC(=O)COC(=O)CCNC(=O)OC(C)(C)C. The van der Waals surface area contributed by atoms with Crippen LogP contribution in [0.1, 0.15) is 60.3 Å². The van der Waals surface area contributed by atoms with E-state index >= 15 is 0 Å². The molecular formula is C18H32N2O5. The Balaban J connectivity index is 2.19. The predicted molar refractivity (Wildman–Crippen MR) is 93.9 cm³/mol. The van der Waals surface area contributed by atoms with Crippen LogP contribution in [0.3, 0.4) is 0 Å². The zero-order valence-corrected chi connectivity index (χ0v) is 16.0. The van der Waals surface area contributed by atoms with Crippen molar-refractivity contribution in [3.63, 3.8) is 0 Å². The molecule has 7 nitrogen and oxygen atoms in total. The molecule has 0 radical (unpaired) electrons. The number of rotatable bonds is 6. The molecule has 0 heterocycles. The van der Waals surface area contributed by atoms with Crippen LogP contribution in [-0.2, 0) is 19.1 Å². The van der Waals surface area contributed by atoms with Crippen molar-refractivity contribution in [2.24, 2.45) is 11.8 Å². The maximum atomic E-state index is 11.9. The van der Waals surface area contributed by atoms with Crippen molar-refractivity contribution in [2.75, 3.05) is 13.2 Å². The van der Waals surface area contributed by atoms with Crippen molar-refractivity contribution in [2.45, 2.75) is 71.9 Å². The monoisotopic (exact) mass is 356 g/mol. The number of amides is 2. The third-order valence-corrected chi connectivity index (χ3v) is 4.41. The second kappa shape index (κ2) is 9.63. The van der Waals surface area contributed by atoms with Gasteiger partial charge in [-0.1, -0.05) is 26.7 Å². The van der Waals surface area contributed by atoms with Gasteiger partial charge < -0.3 is 20.1 Å². The van der Waals surface area contributed by atoms with Gasteiger partial charge in [-0.15, -0.1) is 0 Å². The lowest BCUT2D eigenvalue weighted by atomic mass is 9.78. The molecule has 0 bridgehead atoms. The molecule has 0 aromatic heterocycles. The normalized spacial score (nSPS) is 23.5. The summed E-state index contributed by atoms with van der Waals surface area (Å²) in [5.41, 5.74) is -0.587. The summed E-state index contributed by atoms with van der Waals surface area (Å²) in [4.78, 5) is 35.0. The van der Waals surface area contributed by atoms with Crippen LogP contribution < -0.4 is 10.6 Å². The minimum Gasteiger partial charge on any atom is -0.456 e. The van der Waals surface area contributed by atoms with Gasteiger partial charge in [-0.05, 0) is 39.0 Å². The van der Waals surface area contributed by atoms with Crippen LogP contribution in [0.4, 0.5) is 4.79 Å². The number of alkyl carbamates (subject to hydrolysis) is 1. The van der Waals surface area contributed by atoms with Gasteiger partial charge in [0.1, 0.15) is 5.60 Å². The van der Waals surface area contributed by atoms with Gasteiger partial charge in [0.15, 0.2) is 6.61 Å². The highest BCUT2D eigenvalue weighted by Gasteiger charge is 2.28. The van der Waals surface area contributed by atoms with E-state index in [1.54, 1.807) is 20.8 Å². The number of hydrogen-bond donors (Lipinski definition) is 2. The molecule has 0 aromatic carbocycles. The van der Waals surface area contributed by atoms with Crippen LogP contribution in [0.25, 0.3) is 0 Å². The van der Waals surface area contributed by atoms with Crippen molar-refractivity contribution in [1.29, 1.82) is 0 Å². The highest BCUT2D eigenvalue weighted by molar-refractivity contribution is 5.81. The largest absolute Gasteiger partial charge is 0.456 e. The highest BCUT2D eigenvalue weighted by Crippen LogP contribution is 2.29. The molecule has 3 atom stereocenters. The summed E-state index contributed by atoms with van der Waals surface area (Å²) in [7, 11) is 0. The van der Waals surface area contributed by atoms with Crippen LogP contribution in [0.5, 0.6) is 0 Å². The van der Waals surface area contributed by atoms with Crippen LogP contribution in [0.15, 0.2) is 0 Å².